The molecule has 11 heteroatoms. The molecule has 52 heavy (non-hydrogen) atoms. The number of ketones is 1. The first-order chi connectivity index (χ1) is 25.2. The first-order valence-electron chi connectivity index (χ1n) is 17.1. The summed E-state index contributed by atoms with van der Waals surface area (Å²) in [5.74, 6) is 2.70. The van der Waals surface area contributed by atoms with Crippen LogP contribution in [0, 0.1) is 25.7 Å². The fourth-order valence-corrected chi connectivity index (χ4v) is 4.20. The van der Waals surface area contributed by atoms with Gasteiger partial charge in [0.1, 0.15) is 37.2 Å². The minimum Gasteiger partial charge on any atom is -0.493 e. The van der Waals surface area contributed by atoms with Gasteiger partial charge in [-0.05, 0) is 108 Å². The maximum atomic E-state index is 12.5. The van der Waals surface area contributed by atoms with Gasteiger partial charge in [-0.1, -0.05) is 62.9 Å². The van der Waals surface area contributed by atoms with Crippen molar-refractivity contribution >= 4 is 31.0 Å². The van der Waals surface area contributed by atoms with Crippen molar-refractivity contribution in [3.05, 3.63) is 91.1 Å². The third kappa shape index (κ3) is 31.4. The van der Waals surface area contributed by atoms with Crippen molar-refractivity contribution in [2.75, 3.05) is 46.4 Å². The summed E-state index contributed by atoms with van der Waals surface area (Å²) in [6.45, 7) is 22.3. The topological polar surface area (TPSA) is 174 Å². The van der Waals surface area contributed by atoms with Crippen LogP contribution in [-0.4, -0.2) is 82.7 Å². The molecule has 0 aromatic heterocycles. The number of carbonyl (C=O) groups excluding carboxylic acids is 3. The quantitative estimate of drug-likeness (QED) is 0.0916. The standard InChI is InChI=1S/C28H37NO4.C4H8.C3H4O.C2H6.CH5N.CH2O2.CH4O.CH2O/c1-5-28(30)27(19-33-24-13-6-20(2)7-14-24)29-26-16-25(15-8-21(26)3)32-18-23-11-9-22(10-12-23)17-31-4;1-3-4-2;1-2-3-4;2*1-2;2-1-3;2*1-2/h5-8,13-16,22-23,27,29H,1,9-12,17-19H2,2-4H3;3-4H,1-2H3;2-3H,1H2;1-2H3;2H2,1H3;1H,(H,2,3);2H,1H3;1H2/b;4-3+;;;;;;. The third-order valence-corrected chi connectivity index (χ3v) is 6.81. The summed E-state index contributed by atoms with van der Waals surface area (Å²) >= 11 is 0. The van der Waals surface area contributed by atoms with Gasteiger partial charge in [0.25, 0.3) is 6.47 Å². The predicted molar refractivity (Wildman–Crippen MR) is 215 cm³/mol. The molecule has 11 nitrogen and oxygen atoms in total. The number of anilines is 1. The number of methoxy groups -OCH3 is 1. The van der Waals surface area contributed by atoms with Crippen LogP contribution in [0.5, 0.6) is 11.5 Å². The molecule has 1 unspecified atom stereocenters. The normalized spacial score (nSPS) is 13.8. The van der Waals surface area contributed by atoms with Crippen LogP contribution in [0.15, 0.2) is 79.9 Å². The smallest absolute Gasteiger partial charge is 0.290 e. The van der Waals surface area contributed by atoms with Crippen molar-refractivity contribution < 1.29 is 43.6 Å². The van der Waals surface area contributed by atoms with Gasteiger partial charge in [-0.3, -0.25) is 14.4 Å². The maximum Gasteiger partial charge on any atom is 0.290 e. The number of ether oxygens (including phenoxy) is 3. The number of hydrogen-bond donors (Lipinski definition) is 4. The highest BCUT2D eigenvalue weighted by atomic mass is 16.5. The molecule has 0 bridgehead atoms. The molecular weight excluding hydrogens is 664 g/mol. The Morgan fingerprint density at radius 3 is 1.73 bits per heavy atom. The number of aldehydes is 1. The van der Waals surface area contributed by atoms with E-state index in [1.165, 1.54) is 44.9 Å². The Kier molecular flexibility index (Phi) is 48.5. The maximum absolute atomic E-state index is 12.5. The number of carbonyl (C=O) groups is 4. The average Bonchev–Trinajstić information content (AvgIpc) is 3.21. The molecule has 0 radical (unpaired) electrons. The molecule has 5 N–H and O–H groups in total. The molecule has 3 rings (SSSR count). The van der Waals surface area contributed by atoms with E-state index in [0.717, 1.165) is 42.0 Å². The largest absolute Gasteiger partial charge is 0.493 e. The summed E-state index contributed by atoms with van der Waals surface area (Å²) in [4.78, 5) is 37.9. The van der Waals surface area contributed by atoms with E-state index in [0.29, 0.717) is 24.7 Å². The van der Waals surface area contributed by atoms with Crippen molar-refractivity contribution in [1.29, 1.82) is 0 Å². The Morgan fingerprint density at radius 2 is 1.33 bits per heavy atom. The Bertz CT molecular complexity index is 1140. The van der Waals surface area contributed by atoms with Crippen LogP contribution in [0.2, 0.25) is 0 Å². The Morgan fingerprint density at radius 1 is 0.885 bits per heavy atom. The van der Waals surface area contributed by atoms with Crippen molar-refractivity contribution in [3.8, 4) is 11.5 Å². The number of allylic oxidation sites excluding steroid dienone is 3. The van der Waals surface area contributed by atoms with Crippen molar-refractivity contribution in [3.63, 3.8) is 0 Å². The predicted octanol–water partition coefficient (Wildman–Crippen LogP) is 7.43. The number of nitrogens with one attached hydrogen (secondary N) is 1. The molecule has 0 amide bonds. The summed E-state index contributed by atoms with van der Waals surface area (Å²) in [5, 5.41) is 17.2. The van der Waals surface area contributed by atoms with E-state index < -0.39 is 6.04 Å². The summed E-state index contributed by atoms with van der Waals surface area (Å²) in [6, 6.07) is 13.2. The minimum absolute atomic E-state index is 0.111. The van der Waals surface area contributed by atoms with Crippen molar-refractivity contribution in [1.82, 2.24) is 0 Å². The van der Waals surface area contributed by atoms with Crippen LogP contribution in [0.25, 0.3) is 0 Å². The van der Waals surface area contributed by atoms with Gasteiger partial charge in [0.2, 0.25) is 0 Å². The molecule has 1 aliphatic rings. The van der Waals surface area contributed by atoms with Crippen LogP contribution >= 0.6 is 0 Å². The number of aliphatic hydroxyl groups is 1. The van der Waals surface area contributed by atoms with Gasteiger partial charge in [-0.15, -0.1) is 0 Å². The van der Waals surface area contributed by atoms with E-state index >= 15 is 0 Å². The van der Waals surface area contributed by atoms with Crippen LogP contribution in [0.1, 0.15) is 64.5 Å². The summed E-state index contributed by atoms with van der Waals surface area (Å²) < 4.78 is 17.3. The van der Waals surface area contributed by atoms with Crippen molar-refractivity contribution in [2.24, 2.45) is 17.6 Å². The molecule has 1 aliphatic carbocycles. The van der Waals surface area contributed by atoms with Gasteiger partial charge in [0, 0.05) is 32.6 Å². The molecule has 1 atom stereocenters. The zero-order valence-electron chi connectivity index (χ0n) is 33.1. The molecule has 2 aromatic rings. The van der Waals surface area contributed by atoms with Crippen LogP contribution in [0.4, 0.5) is 5.69 Å². The second-order valence-corrected chi connectivity index (χ2v) is 10.2. The molecule has 2 aromatic carbocycles. The second-order valence-electron chi connectivity index (χ2n) is 10.2. The highest BCUT2D eigenvalue weighted by Crippen LogP contribution is 2.30. The minimum atomic E-state index is -0.534. The van der Waals surface area contributed by atoms with E-state index in [2.05, 4.69) is 24.2 Å². The van der Waals surface area contributed by atoms with E-state index in [1.54, 1.807) is 7.11 Å². The Labute approximate surface area is 314 Å². The highest BCUT2D eigenvalue weighted by molar-refractivity contribution is 5.96. The first kappa shape index (κ1) is 56.8. The van der Waals surface area contributed by atoms with Gasteiger partial charge in [-0.2, -0.15) is 0 Å². The second kappa shape index (κ2) is 44.4. The van der Waals surface area contributed by atoms with E-state index in [9.17, 15) is 4.79 Å². The lowest BCUT2D eigenvalue weighted by molar-refractivity contribution is -0.123. The molecule has 0 saturated heterocycles. The number of aliphatic hydroxyl groups excluding tert-OH is 1. The van der Waals surface area contributed by atoms with Gasteiger partial charge in [0.15, 0.2) is 5.78 Å². The SMILES string of the molecule is C/C=C/C.C=CC(=O)C(COc1ccc(C)cc1)Nc1cc(OCC2CCC(COC)CC2)ccc1C.C=CC=O.C=O.CC.CN.CO.O=CO. The molecular formula is C41H68N2O9. The van der Waals surface area contributed by atoms with Crippen molar-refractivity contribution in [2.45, 2.75) is 73.3 Å². The van der Waals surface area contributed by atoms with Gasteiger partial charge in [-0.25, -0.2) is 0 Å². The lowest BCUT2D eigenvalue weighted by atomic mass is 9.83. The number of benzene rings is 2. The number of aryl methyl sites for hydroxylation is 2. The van der Waals surface area contributed by atoms with Crippen LogP contribution in [-0.2, 0) is 23.9 Å². The summed E-state index contributed by atoms with van der Waals surface area (Å²) in [7, 11) is 4.28. The van der Waals surface area contributed by atoms with Crippen LogP contribution in [0.3, 0.4) is 0 Å². The molecule has 1 fully saturated rings. The molecule has 296 valence electrons. The zero-order chi connectivity index (χ0) is 41.2. The number of nitrogens with two attached hydrogens (primary N) is 1. The first-order valence-corrected chi connectivity index (χ1v) is 17.1. The Hall–Kier alpha value is -4.58. The summed E-state index contributed by atoms with van der Waals surface area (Å²) in [6.07, 6.45) is 11.9. The lowest BCUT2D eigenvalue weighted by Gasteiger charge is -2.28. The number of hydrogen-bond acceptors (Lipinski definition) is 10. The molecule has 0 spiro atoms. The van der Waals surface area contributed by atoms with Gasteiger partial charge < -0.3 is 40.3 Å². The zero-order valence-corrected chi connectivity index (χ0v) is 33.1. The number of rotatable bonds is 13. The molecule has 1 saturated carbocycles. The third-order valence-electron chi connectivity index (χ3n) is 6.81. The Balaban J connectivity index is -0.000000327. The molecule has 0 heterocycles. The highest BCUT2D eigenvalue weighted by Gasteiger charge is 2.22. The van der Waals surface area contributed by atoms with E-state index in [1.807, 2.05) is 103 Å². The van der Waals surface area contributed by atoms with Gasteiger partial charge in [0.05, 0.1) is 6.61 Å². The van der Waals surface area contributed by atoms with E-state index in [4.69, 9.17) is 38.8 Å². The summed E-state index contributed by atoms with van der Waals surface area (Å²) in [5.41, 5.74) is 7.57. The lowest BCUT2D eigenvalue weighted by Crippen LogP contribution is -2.34. The van der Waals surface area contributed by atoms with E-state index in [-0.39, 0.29) is 18.9 Å². The van der Waals surface area contributed by atoms with Crippen LogP contribution < -0.4 is 20.5 Å². The number of carboxylic acid groups (broad SMARTS) is 1. The monoisotopic (exact) mass is 732 g/mol. The fraction of sp³-hybridized carbons (Fsp3) is 0.463. The average molecular weight is 733 g/mol. The van der Waals surface area contributed by atoms with Gasteiger partial charge >= 0.3 is 0 Å². The molecule has 0 aliphatic heterocycles. The fourth-order valence-electron chi connectivity index (χ4n) is 4.20.